The van der Waals surface area contributed by atoms with E-state index in [2.05, 4.69) is 10.3 Å². The van der Waals surface area contributed by atoms with E-state index in [1.165, 1.54) is 0 Å². The molecule has 1 atom stereocenters. The van der Waals surface area contributed by atoms with Crippen molar-refractivity contribution >= 4 is 29.1 Å². The molecule has 2 amide bonds. The molecule has 1 N–H and O–H groups in total. The number of benzene rings is 1. The van der Waals surface area contributed by atoms with Crippen LogP contribution in [-0.4, -0.2) is 23.3 Å². The minimum atomic E-state index is -0.643. The average molecular weight is 330 g/mol. The number of carbonyl (C=O) groups excluding carboxylic acids is 2. The molecule has 2 heterocycles. The Bertz CT molecular complexity index is 721. The first kappa shape index (κ1) is 15.5. The Morgan fingerprint density at radius 1 is 1.30 bits per heavy atom. The van der Waals surface area contributed by atoms with Gasteiger partial charge in [-0.05, 0) is 42.3 Å². The Balaban J connectivity index is 1.63. The molecule has 0 aliphatic carbocycles. The second-order valence-electron chi connectivity index (χ2n) is 5.38. The molecule has 6 heteroatoms. The Hall–Kier alpha value is -2.40. The van der Waals surface area contributed by atoms with Crippen LogP contribution in [0.3, 0.4) is 0 Å². The zero-order chi connectivity index (χ0) is 16.2. The van der Waals surface area contributed by atoms with Gasteiger partial charge in [0.1, 0.15) is 5.92 Å². The molecule has 23 heavy (non-hydrogen) atoms. The lowest BCUT2D eigenvalue weighted by atomic mass is 10.1. The smallest absolute Gasteiger partial charge is 0.239 e. The van der Waals surface area contributed by atoms with Crippen LogP contribution in [0.2, 0.25) is 5.02 Å². The lowest BCUT2D eigenvalue weighted by molar-refractivity contribution is -0.132. The van der Waals surface area contributed by atoms with Gasteiger partial charge in [-0.25, -0.2) is 0 Å². The van der Waals surface area contributed by atoms with Gasteiger partial charge in [0.25, 0.3) is 0 Å². The number of anilines is 1. The molecule has 0 radical (unpaired) electrons. The highest BCUT2D eigenvalue weighted by Gasteiger charge is 2.37. The van der Waals surface area contributed by atoms with Gasteiger partial charge in [-0.1, -0.05) is 17.7 Å². The molecule has 3 rings (SSSR count). The summed E-state index contributed by atoms with van der Waals surface area (Å²) in [5, 5.41) is 3.38. The number of hydrogen-bond acceptors (Lipinski definition) is 3. The molecule has 1 aliphatic rings. The summed E-state index contributed by atoms with van der Waals surface area (Å²) in [6.45, 7) is 0.912. The number of nitrogens with one attached hydrogen (secondary N) is 1. The van der Waals surface area contributed by atoms with E-state index in [1.54, 1.807) is 35.5 Å². The van der Waals surface area contributed by atoms with E-state index in [9.17, 15) is 9.59 Å². The number of pyridine rings is 1. The summed E-state index contributed by atoms with van der Waals surface area (Å²) in [5.41, 5.74) is 1.68. The zero-order valence-corrected chi connectivity index (χ0v) is 13.2. The van der Waals surface area contributed by atoms with E-state index in [-0.39, 0.29) is 11.8 Å². The minimum Gasteiger partial charge on any atom is -0.351 e. The van der Waals surface area contributed by atoms with Crippen LogP contribution in [0.5, 0.6) is 0 Å². The third-order valence-electron chi connectivity index (χ3n) is 3.86. The summed E-state index contributed by atoms with van der Waals surface area (Å²) in [6.07, 6.45) is 3.85. The highest BCUT2D eigenvalue weighted by molar-refractivity contribution is 6.31. The topological polar surface area (TPSA) is 62.3 Å². The molecular formula is C17H16ClN3O2. The van der Waals surface area contributed by atoms with Crippen molar-refractivity contribution in [1.82, 2.24) is 10.3 Å². The van der Waals surface area contributed by atoms with Crippen LogP contribution >= 0.6 is 11.6 Å². The fraction of sp³-hybridized carbons (Fsp3) is 0.235. The van der Waals surface area contributed by atoms with Gasteiger partial charge in [-0.3, -0.25) is 14.6 Å². The van der Waals surface area contributed by atoms with Gasteiger partial charge < -0.3 is 10.2 Å². The predicted molar refractivity (Wildman–Crippen MR) is 88.0 cm³/mol. The van der Waals surface area contributed by atoms with Crippen molar-refractivity contribution in [1.29, 1.82) is 0 Å². The van der Waals surface area contributed by atoms with E-state index in [0.717, 1.165) is 11.3 Å². The molecule has 0 spiro atoms. The Morgan fingerprint density at radius 2 is 2.09 bits per heavy atom. The number of rotatable bonds is 4. The maximum absolute atomic E-state index is 12.5. The maximum Gasteiger partial charge on any atom is 0.239 e. The van der Waals surface area contributed by atoms with Crippen LogP contribution in [0.1, 0.15) is 12.0 Å². The minimum absolute atomic E-state index is 0.181. The number of halogens is 1. The molecule has 1 aliphatic heterocycles. The molecule has 1 aromatic carbocycles. The Labute approximate surface area is 139 Å². The highest BCUT2D eigenvalue weighted by Crippen LogP contribution is 2.27. The first-order chi connectivity index (χ1) is 11.1. The number of hydrogen-bond donors (Lipinski definition) is 1. The Morgan fingerprint density at radius 3 is 2.83 bits per heavy atom. The molecule has 0 saturated carbocycles. The maximum atomic E-state index is 12.5. The molecule has 5 nitrogen and oxygen atoms in total. The van der Waals surface area contributed by atoms with Gasteiger partial charge in [0.05, 0.1) is 0 Å². The fourth-order valence-corrected chi connectivity index (χ4v) is 2.82. The normalized spacial score (nSPS) is 17.3. The summed E-state index contributed by atoms with van der Waals surface area (Å²) in [7, 11) is 0. The van der Waals surface area contributed by atoms with Crippen LogP contribution in [0, 0.1) is 5.92 Å². The van der Waals surface area contributed by atoms with Crippen molar-refractivity contribution in [3.05, 3.63) is 59.4 Å². The van der Waals surface area contributed by atoms with Crippen LogP contribution in [0.15, 0.2) is 48.8 Å². The fourth-order valence-electron chi connectivity index (χ4n) is 2.64. The monoisotopic (exact) mass is 329 g/mol. The van der Waals surface area contributed by atoms with Crippen molar-refractivity contribution in [2.75, 3.05) is 11.4 Å². The molecule has 1 saturated heterocycles. The van der Waals surface area contributed by atoms with E-state index in [1.807, 2.05) is 18.2 Å². The molecule has 1 aromatic heterocycles. The lowest BCUT2D eigenvalue weighted by Crippen LogP contribution is -2.36. The van der Waals surface area contributed by atoms with Gasteiger partial charge in [0.15, 0.2) is 0 Å². The van der Waals surface area contributed by atoms with E-state index in [0.29, 0.717) is 24.5 Å². The third-order valence-corrected chi connectivity index (χ3v) is 4.09. The van der Waals surface area contributed by atoms with Crippen LogP contribution < -0.4 is 10.2 Å². The standard InChI is InChI=1S/C17H16ClN3O2/c18-13-2-1-3-14(10-13)21-9-6-15(17(21)23)16(22)20-11-12-4-7-19-8-5-12/h1-5,7-8,10,15H,6,9,11H2,(H,20,22). The van der Waals surface area contributed by atoms with Gasteiger partial charge in [-0.15, -0.1) is 0 Å². The van der Waals surface area contributed by atoms with E-state index >= 15 is 0 Å². The molecule has 1 fully saturated rings. The summed E-state index contributed by atoms with van der Waals surface area (Å²) >= 11 is 5.97. The number of aromatic nitrogens is 1. The van der Waals surface area contributed by atoms with Crippen molar-refractivity contribution in [2.24, 2.45) is 5.92 Å². The number of nitrogens with zero attached hydrogens (tertiary/aromatic N) is 2. The molecular weight excluding hydrogens is 314 g/mol. The largest absolute Gasteiger partial charge is 0.351 e. The number of amides is 2. The predicted octanol–water partition coefficient (Wildman–Crippen LogP) is 2.40. The van der Waals surface area contributed by atoms with Crippen LogP contribution in [0.25, 0.3) is 0 Å². The average Bonchev–Trinajstić information content (AvgIpc) is 2.95. The summed E-state index contributed by atoms with van der Waals surface area (Å²) < 4.78 is 0. The summed E-state index contributed by atoms with van der Waals surface area (Å²) in [6, 6.07) is 10.8. The van der Waals surface area contributed by atoms with Gasteiger partial charge in [-0.2, -0.15) is 0 Å². The van der Waals surface area contributed by atoms with Crippen molar-refractivity contribution in [3.63, 3.8) is 0 Å². The SMILES string of the molecule is O=C(NCc1ccncc1)C1CCN(c2cccc(Cl)c2)C1=O. The van der Waals surface area contributed by atoms with Crippen LogP contribution in [-0.2, 0) is 16.1 Å². The lowest BCUT2D eigenvalue weighted by Gasteiger charge is -2.17. The zero-order valence-electron chi connectivity index (χ0n) is 12.4. The Kier molecular flexibility index (Phi) is 4.57. The van der Waals surface area contributed by atoms with Gasteiger partial charge in [0.2, 0.25) is 11.8 Å². The van der Waals surface area contributed by atoms with E-state index < -0.39 is 5.92 Å². The van der Waals surface area contributed by atoms with E-state index in [4.69, 9.17) is 11.6 Å². The van der Waals surface area contributed by atoms with Crippen LogP contribution in [0.4, 0.5) is 5.69 Å². The van der Waals surface area contributed by atoms with Gasteiger partial charge in [0, 0.05) is 36.2 Å². The summed E-state index contributed by atoms with van der Waals surface area (Å²) in [5.74, 6) is -1.06. The van der Waals surface area contributed by atoms with Crippen molar-refractivity contribution < 1.29 is 9.59 Å². The second-order valence-corrected chi connectivity index (χ2v) is 5.82. The molecule has 0 bridgehead atoms. The molecule has 2 aromatic rings. The molecule has 1 unspecified atom stereocenters. The first-order valence-corrected chi connectivity index (χ1v) is 7.76. The van der Waals surface area contributed by atoms with Crippen molar-refractivity contribution in [2.45, 2.75) is 13.0 Å². The van der Waals surface area contributed by atoms with Crippen molar-refractivity contribution in [3.8, 4) is 0 Å². The number of carbonyl (C=O) groups is 2. The first-order valence-electron chi connectivity index (χ1n) is 7.39. The highest BCUT2D eigenvalue weighted by atomic mass is 35.5. The molecule has 118 valence electrons. The second kappa shape index (κ2) is 6.79. The quantitative estimate of drug-likeness (QED) is 0.876. The summed E-state index contributed by atoms with van der Waals surface area (Å²) in [4.78, 5) is 30.3. The van der Waals surface area contributed by atoms with Gasteiger partial charge >= 0.3 is 0 Å². The third kappa shape index (κ3) is 3.51.